The number of nitrogens with one attached hydrogen (secondary N) is 1. The Bertz CT molecular complexity index is 368. The Balaban J connectivity index is 1.93. The first kappa shape index (κ1) is 10.9. The van der Waals surface area contributed by atoms with Crippen LogP contribution < -0.4 is 5.32 Å². The first-order valence-electron chi connectivity index (χ1n) is 5.45. The van der Waals surface area contributed by atoms with Gasteiger partial charge in [-0.2, -0.15) is 5.26 Å². The highest BCUT2D eigenvalue weighted by Gasteiger charge is 2.54. The molecule has 2 aliphatic carbocycles. The van der Waals surface area contributed by atoms with Gasteiger partial charge in [-0.25, -0.2) is 0 Å². The van der Waals surface area contributed by atoms with E-state index in [1.54, 1.807) is 0 Å². The molecule has 0 aliphatic heterocycles. The minimum atomic E-state index is -0.763. The number of nitro groups is 1. The molecule has 2 aliphatic rings. The van der Waals surface area contributed by atoms with Crippen LogP contribution in [0.2, 0.25) is 0 Å². The minimum absolute atomic E-state index is 0.306. The lowest BCUT2D eigenvalue weighted by atomic mass is 9.99. The van der Waals surface area contributed by atoms with Gasteiger partial charge >= 0.3 is 0 Å². The SMILES string of the molecule is N#CC1(NC(=O)C2CC2[N+](=O)[O-])CCCC1. The number of rotatable bonds is 3. The lowest BCUT2D eigenvalue weighted by Crippen LogP contribution is -2.46. The monoisotopic (exact) mass is 223 g/mol. The highest BCUT2D eigenvalue weighted by Crippen LogP contribution is 2.35. The number of carbonyl (C=O) groups is 1. The normalized spacial score (nSPS) is 30.4. The summed E-state index contributed by atoms with van der Waals surface area (Å²) in [6.45, 7) is 0. The van der Waals surface area contributed by atoms with E-state index in [0.717, 1.165) is 12.8 Å². The molecular weight excluding hydrogens is 210 g/mol. The molecule has 2 atom stereocenters. The molecule has 6 heteroatoms. The summed E-state index contributed by atoms with van der Waals surface area (Å²) in [6, 6.07) is 1.39. The summed E-state index contributed by atoms with van der Waals surface area (Å²) < 4.78 is 0. The van der Waals surface area contributed by atoms with Crippen LogP contribution in [0.25, 0.3) is 0 Å². The molecule has 0 spiro atoms. The molecule has 2 saturated carbocycles. The fourth-order valence-electron chi connectivity index (χ4n) is 2.27. The summed E-state index contributed by atoms with van der Waals surface area (Å²) in [5.74, 6) is -0.856. The zero-order chi connectivity index (χ0) is 11.8. The summed E-state index contributed by atoms with van der Waals surface area (Å²) in [7, 11) is 0. The minimum Gasteiger partial charge on any atom is -0.337 e. The fraction of sp³-hybridized carbons (Fsp3) is 0.800. The molecule has 6 nitrogen and oxygen atoms in total. The van der Waals surface area contributed by atoms with E-state index in [1.807, 2.05) is 0 Å². The second kappa shape index (κ2) is 3.74. The molecule has 0 aromatic carbocycles. The zero-order valence-corrected chi connectivity index (χ0v) is 8.81. The van der Waals surface area contributed by atoms with E-state index < -0.39 is 22.4 Å². The zero-order valence-electron chi connectivity index (χ0n) is 8.81. The Labute approximate surface area is 92.8 Å². The molecule has 16 heavy (non-hydrogen) atoms. The van der Waals surface area contributed by atoms with Crippen LogP contribution in [0.1, 0.15) is 32.1 Å². The molecule has 2 rings (SSSR count). The first-order chi connectivity index (χ1) is 7.58. The number of nitriles is 1. The summed E-state index contributed by atoms with van der Waals surface area (Å²) >= 11 is 0. The highest BCUT2D eigenvalue weighted by atomic mass is 16.6. The van der Waals surface area contributed by atoms with Crippen molar-refractivity contribution < 1.29 is 9.72 Å². The van der Waals surface area contributed by atoms with Gasteiger partial charge in [0.25, 0.3) is 0 Å². The van der Waals surface area contributed by atoms with Crippen LogP contribution in [0.5, 0.6) is 0 Å². The lowest BCUT2D eigenvalue weighted by Gasteiger charge is -2.21. The fourth-order valence-corrected chi connectivity index (χ4v) is 2.27. The van der Waals surface area contributed by atoms with Crippen molar-refractivity contribution in [3.05, 3.63) is 10.1 Å². The predicted octanol–water partition coefficient (Wildman–Crippen LogP) is 0.604. The van der Waals surface area contributed by atoms with Crippen LogP contribution >= 0.6 is 0 Å². The van der Waals surface area contributed by atoms with Crippen LogP contribution in [0.4, 0.5) is 0 Å². The molecule has 2 fully saturated rings. The van der Waals surface area contributed by atoms with Crippen LogP contribution in [0, 0.1) is 27.4 Å². The largest absolute Gasteiger partial charge is 0.337 e. The number of amides is 1. The van der Waals surface area contributed by atoms with Crippen LogP contribution in [0.3, 0.4) is 0 Å². The molecule has 0 bridgehead atoms. The standard InChI is InChI=1S/C10H13N3O3/c11-6-10(3-1-2-4-10)12-9(14)7-5-8(7)13(15)16/h7-8H,1-5H2,(H,12,14). The van der Waals surface area contributed by atoms with E-state index in [0.29, 0.717) is 19.3 Å². The molecule has 0 saturated heterocycles. The average Bonchev–Trinajstić information content (AvgIpc) is 2.94. The maximum atomic E-state index is 11.7. The molecule has 1 amide bonds. The number of hydrogen-bond acceptors (Lipinski definition) is 4. The van der Waals surface area contributed by atoms with Crippen LogP contribution in [-0.4, -0.2) is 22.4 Å². The van der Waals surface area contributed by atoms with Gasteiger partial charge in [-0.3, -0.25) is 14.9 Å². The molecule has 0 aromatic heterocycles. The lowest BCUT2D eigenvalue weighted by molar-refractivity contribution is -0.497. The van der Waals surface area contributed by atoms with E-state index in [4.69, 9.17) is 5.26 Å². The van der Waals surface area contributed by atoms with Crippen LogP contribution in [-0.2, 0) is 4.79 Å². The second-order valence-electron chi connectivity index (χ2n) is 4.59. The summed E-state index contributed by atoms with van der Waals surface area (Å²) in [6.07, 6.45) is 3.48. The molecule has 0 radical (unpaired) electrons. The third-order valence-corrected chi connectivity index (χ3v) is 3.40. The van der Waals surface area contributed by atoms with Crippen molar-refractivity contribution in [3.8, 4) is 6.07 Å². The Morgan fingerprint density at radius 3 is 2.56 bits per heavy atom. The van der Waals surface area contributed by atoms with Crippen molar-refractivity contribution in [2.75, 3.05) is 0 Å². The maximum absolute atomic E-state index is 11.7. The Morgan fingerprint density at radius 2 is 2.12 bits per heavy atom. The predicted molar refractivity (Wildman–Crippen MR) is 53.8 cm³/mol. The van der Waals surface area contributed by atoms with Gasteiger partial charge in [0.1, 0.15) is 11.5 Å². The van der Waals surface area contributed by atoms with E-state index in [1.165, 1.54) is 0 Å². The number of carbonyl (C=O) groups excluding carboxylic acids is 1. The van der Waals surface area contributed by atoms with E-state index in [-0.39, 0.29) is 5.91 Å². The highest BCUT2D eigenvalue weighted by molar-refractivity contribution is 5.83. The molecule has 0 aromatic rings. The van der Waals surface area contributed by atoms with Crippen molar-refractivity contribution in [2.24, 2.45) is 5.92 Å². The van der Waals surface area contributed by atoms with E-state index in [9.17, 15) is 14.9 Å². The third kappa shape index (κ3) is 1.85. The van der Waals surface area contributed by atoms with Crippen molar-refractivity contribution in [1.82, 2.24) is 5.32 Å². The number of nitrogens with zero attached hydrogens (tertiary/aromatic N) is 2. The van der Waals surface area contributed by atoms with Gasteiger partial charge < -0.3 is 5.32 Å². The quantitative estimate of drug-likeness (QED) is 0.559. The summed E-state index contributed by atoms with van der Waals surface area (Å²) in [5.41, 5.74) is -0.763. The van der Waals surface area contributed by atoms with Crippen molar-refractivity contribution in [2.45, 2.75) is 43.7 Å². The van der Waals surface area contributed by atoms with Gasteiger partial charge in [-0.1, -0.05) is 0 Å². The third-order valence-electron chi connectivity index (χ3n) is 3.40. The van der Waals surface area contributed by atoms with E-state index in [2.05, 4.69) is 11.4 Å². The second-order valence-corrected chi connectivity index (χ2v) is 4.59. The summed E-state index contributed by atoms with van der Waals surface area (Å²) in [5, 5.41) is 22.2. The topological polar surface area (TPSA) is 96.0 Å². The van der Waals surface area contributed by atoms with Gasteiger partial charge in [0, 0.05) is 11.3 Å². The molecule has 2 unspecified atom stereocenters. The number of hydrogen-bond donors (Lipinski definition) is 1. The first-order valence-corrected chi connectivity index (χ1v) is 5.45. The Hall–Kier alpha value is -1.64. The van der Waals surface area contributed by atoms with Gasteiger partial charge in [-0.05, 0) is 25.7 Å². The Morgan fingerprint density at radius 1 is 1.50 bits per heavy atom. The van der Waals surface area contributed by atoms with Gasteiger partial charge in [0.05, 0.1) is 6.07 Å². The van der Waals surface area contributed by atoms with Gasteiger partial charge in [-0.15, -0.1) is 0 Å². The average molecular weight is 223 g/mol. The summed E-state index contributed by atoms with van der Waals surface area (Å²) in [4.78, 5) is 21.7. The van der Waals surface area contributed by atoms with E-state index >= 15 is 0 Å². The van der Waals surface area contributed by atoms with Crippen molar-refractivity contribution >= 4 is 5.91 Å². The van der Waals surface area contributed by atoms with Crippen molar-refractivity contribution in [3.63, 3.8) is 0 Å². The molecule has 0 heterocycles. The maximum Gasteiger partial charge on any atom is 0.231 e. The van der Waals surface area contributed by atoms with Crippen LogP contribution in [0.15, 0.2) is 0 Å². The smallest absolute Gasteiger partial charge is 0.231 e. The van der Waals surface area contributed by atoms with Gasteiger partial charge in [0.2, 0.25) is 11.9 Å². The Kier molecular flexibility index (Phi) is 2.54. The van der Waals surface area contributed by atoms with Gasteiger partial charge in [0.15, 0.2) is 0 Å². The molecular formula is C10H13N3O3. The van der Waals surface area contributed by atoms with Crippen molar-refractivity contribution in [1.29, 1.82) is 5.26 Å². The molecule has 1 N–H and O–H groups in total. The molecule has 86 valence electrons.